The number of aliphatic hydroxyl groups is 1. The number of carbonyl (C=O) groups excluding carboxylic acids is 1. The zero-order valence-electron chi connectivity index (χ0n) is 13.1. The number of hydrogen-bond acceptors (Lipinski definition) is 3. The predicted molar refractivity (Wildman–Crippen MR) is 85.5 cm³/mol. The largest absolute Gasteiger partial charge is 0.396 e. The van der Waals surface area contributed by atoms with Crippen LogP contribution in [0.2, 0.25) is 0 Å². The van der Waals surface area contributed by atoms with Crippen LogP contribution in [0.5, 0.6) is 0 Å². The summed E-state index contributed by atoms with van der Waals surface area (Å²) >= 11 is 0. The van der Waals surface area contributed by atoms with Crippen molar-refractivity contribution in [1.82, 2.24) is 4.90 Å². The number of aliphatic hydroxyl groups excluding tert-OH is 1. The van der Waals surface area contributed by atoms with E-state index in [4.69, 9.17) is 5.11 Å². The molecule has 116 valence electrons. The molecule has 4 nitrogen and oxygen atoms in total. The molecule has 1 aliphatic carbocycles. The molecule has 0 atom stereocenters. The Morgan fingerprint density at radius 2 is 2.10 bits per heavy atom. The highest BCUT2D eigenvalue weighted by Gasteiger charge is 2.29. The fraction of sp³-hybridized carbons (Fsp3) is 0.588. The van der Waals surface area contributed by atoms with Gasteiger partial charge in [-0.3, -0.25) is 9.69 Å². The SMILES string of the molecule is Cc1cccc(NC(=O)CN(CCCCO)C2CC2)c1C. The van der Waals surface area contributed by atoms with Crippen LogP contribution in [0, 0.1) is 13.8 Å². The van der Waals surface area contributed by atoms with E-state index in [0.29, 0.717) is 12.6 Å². The Balaban J connectivity index is 1.88. The summed E-state index contributed by atoms with van der Waals surface area (Å²) in [4.78, 5) is 14.5. The van der Waals surface area contributed by atoms with Crippen molar-refractivity contribution in [2.75, 3.05) is 25.0 Å². The zero-order chi connectivity index (χ0) is 15.2. The van der Waals surface area contributed by atoms with Crippen molar-refractivity contribution in [3.8, 4) is 0 Å². The number of anilines is 1. The Morgan fingerprint density at radius 3 is 2.76 bits per heavy atom. The maximum Gasteiger partial charge on any atom is 0.238 e. The lowest BCUT2D eigenvalue weighted by molar-refractivity contribution is -0.117. The summed E-state index contributed by atoms with van der Waals surface area (Å²) in [5.74, 6) is 0.0552. The Labute approximate surface area is 127 Å². The fourth-order valence-electron chi connectivity index (χ4n) is 2.52. The van der Waals surface area contributed by atoms with Crippen molar-refractivity contribution < 1.29 is 9.90 Å². The number of benzene rings is 1. The highest BCUT2D eigenvalue weighted by atomic mass is 16.2. The van der Waals surface area contributed by atoms with Crippen molar-refractivity contribution in [2.45, 2.75) is 45.6 Å². The first kappa shape index (κ1) is 16.0. The molecule has 0 saturated heterocycles. The lowest BCUT2D eigenvalue weighted by atomic mass is 10.1. The topological polar surface area (TPSA) is 52.6 Å². The van der Waals surface area contributed by atoms with Gasteiger partial charge in [-0.2, -0.15) is 0 Å². The van der Waals surface area contributed by atoms with Gasteiger partial charge in [0.1, 0.15) is 0 Å². The van der Waals surface area contributed by atoms with E-state index in [-0.39, 0.29) is 12.5 Å². The molecule has 0 heterocycles. The number of aryl methyl sites for hydroxylation is 1. The molecule has 1 aromatic rings. The van der Waals surface area contributed by atoms with Crippen molar-refractivity contribution in [1.29, 1.82) is 0 Å². The third-order valence-corrected chi connectivity index (χ3v) is 4.14. The summed E-state index contributed by atoms with van der Waals surface area (Å²) in [5.41, 5.74) is 3.23. The molecule has 1 fully saturated rings. The summed E-state index contributed by atoms with van der Waals surface area (Å²) in [6.07, 6.45) is 4.14. The summed E-state index contributed by atoms with van der Waals surface area (Å²) in [7, 11) is 0. The molecular weight excluding hydrogens is 264 g/mol. The molecule has 0 unspecified atom stereocenters. The molecule has 0 bridgehead atoms. The van der Waals surface area contributed by atoms with Gasteiger partial charge in [0.25, 0.3) is 0 Å². The van der Waals surface area contributed by atoms with E-state index >= 15 is 0 Å². The first-order chi connectivity index (χ1) is 10.1. The van der Waals surface area contributed by atoms with E-state index in [9.17, 15) is 4.79 Å². The average Bonchev–Trinajstić information content (AvgIpc) is 3.27. The number of nitrogens with one attached hydrogen (secondary N) is 1. The molecule has 0 radical (unpaired) electrons. The van der Waals surface area contributed by atoms with E-state index in [1.165, 1.54) is 18.4 Å². The van der Waals surface area contributed by atoms with Gasteiger partial charge in [0.15, 0.2) is 0 Å². The first-order valence-corrected chi connectivity index (χ1v) is 7.83. The molecule has 0 aliphatic heterocycles. The van der Waals surface area contributed by atoms with Crippen molar-refractivity contribution in [2.24, 2.45) is 0 Å². The minimum Gasteiger partial charge on any atom is -0.396 e. The van der Waals surface area contributed by atoms with Crippen molar-refractivity contribution in [3.05, 3.63) is 29.3 Å². The molecule has 1 aliphatic rings. The molecule has 0 aromatic heterocycles. The second-order valence-corrected chi connectivity index (χ2v) is 5.93. The minimum absolute atomic E-state index is 0.0552. The summed E-state index contributed by atoms with van der Waals surface area (Å²) in [6.45, 7) is 5.66. The lowest BCUT2D eigenvalue weighted by Gasteiger charge is -2.21. The van der Waals surface area contributed by atoms with Crippen LogP contribution in [0.15, 0.2) is 18.2 Å². The molecule has 0 spiro atoms. The summed E-state index contributed by atoms with van der Waals surface area (Å²) < 4.78 is 0. The lowest BCUT2D eigenvalue weighted by Crippen LogP contribution is -2.35. The monoisotopic (exact) mass is 290 g/mol. The van der Waals surface area contributed by atoms with Gasteiger partial charge in [0.2, 0.25) is 5.91 Å². The Kier molecular flexibility index (Phi) is 5.76. The van der Waals surface area contributed by atoms with Gasteiger partial charge in [-0.15, -0.1) is 0 Å². The van der Waals surface area contributed by atoms with E-state index in [1.54, 1.807) is 0 Å². The summed E-state index contributed by atoms with van der Waals surface area (Å²) in [5, 5.41) is 11.9. The molecule has 4 heteroatoms. The Bertz CT molecular complexity index is 484. The number of unbranched alkanes of at least 4 members (excludes halogenated alkanes) is 1. The third-order valence-electron chi connectivity index (χ3n) is 4.14. The van der Waals surface area contributed by atoms with Crippen LogP contribution in [-0.4, -0.2) is 41.7 Å². The van der Waals surface area contributed by atoms with E-state index in [0.717, 1.165) is 30.6 Å². The molecule has 2 rings (SSSR count). The molecule has 1 aromatic carbocycles. The van der Waals surface area contributed by atoms with Crippen molar-refractivity contribution in [3.63, 3.8) is 0 Å². The molecule has 2 N–H and O–H groups in total. The highest BCUT2D eigenvalue weighted by molar-refractivity contribution is 5.93. The van der Waals surface area contributed by atoms with Gasteiger partial charge in [0, 0.05) is 18.3 Å². The highest BCUT2D eigenvalue weighted by Crippen LogP contribution is 2.27. The Morgan fingerprint density at radius 1 is 1.33 bits per heavy atom. The van der Waals surface area contributed by atoms with Crippen LogP contribution >= 0.6 is 0 Å². The van der Waals surface area contributed by atoms with E-state index in [2.05, 4.69) is 23.2 Å². The van der Waals surface area contributed by atoms with Crippen LogP contribution in [0.4, 0.5) is 5.69 Å². The number of rotatable bonds is 8. The minimum atomic E-state index is 0.0552. The Hall–Kier alpha value is -1.39. The molecule has 1 amide bonds. The van der Waals surface area contributed by atoms with Crippen LogP contribution < -0.4 is 5.32 Å². The van der Waals surface area contributed by atoms with Crippen LogP contribution in [-0.2, 0) is 4.79 Å². The van der Waals surface area contributed by atoms with E-state index < -0.39 is 0 Å². The van der Waals surface area contributed by atoms with E-state index in [1.807, 2.05) is 19.1 Å². The second kappa shape index (κ2) is 7.57. The van der Waals surface area contributed by atoms with Gasteiger partial charge in [-0.1, -0.05) is 12.1 Å². The zero-order valence-corrected chi connectivity index (χ0v) is 13.1. The number of carbonyl (C=O) groups is 1. The predicted octanol–water partition coefficient (Wildman–Crippen LogP) is 2.48. The number of hydrogen-bond donors (Lipinski definition) is 2. The maximum absolute atomic E-state index is 12.2. The molecular formula is C17H26N2O2. The van der Waals surface area contributed by atoms with Gasteiger partial charge in [0.05, 0.1) is 6.54 Å². The van der Waals surface area contributed by atoms with Gasteiger partial charge in [-0.25, -0.2) is 0 Å². The second-order valence-electron chi connectivity index (χ2n) is 5.93. The molecule has 1 saturated carbocycles. The normalized spacial score (nSPS) is 14.5. The van der Waals surface area contributed by atoms with Gasteiger partial charge in [-0.05, 0) is 63.3 Å². The maximum atomic E-state index is 12.2. The average molecular weight is 290 g/mol. The van der Waals surface area contributed by atoms with Crippen LogP contribution in [0.1, 0.15) is 36.8 Å². The standard InChI is InChI=1S/C17H26N2O2/c1-13-6-5-7-16(14(13)2)18-17(21)12-19(15-8-9-15)10-3-4-11-20/h5-7,15,20H,3-4,8-12H2,1-2H3,(H,18,21). The summed E-state index contributed by atoms with van der Waals surface area (Å²) in [6, 6.07) is 6.54. The number of amides is 1. The van der Waals surface area contributed by atoms with Gasteiger partial charge < -0.3 is 10.4 Å². The smallest absolute Gasteiger partial charge is 0.238 e. The van der Waals surface area contributed by atoms with Crippen LogP contribution in [0.3, 0.4) is 0 Å². The van der Waals surface area contributed by atoms with Gasteiger partial charge >= 0.3 is 0 Å². The fourth-order valence-corrected chi connectivity index (χ4v) is 2.52. The molecule has 21 heavy (non-hydrogen) atoms. The quantitative estimate of drug-likeness (QED) is 0.723. The third kappa shape index (κ3) is 4.83. The van der Waals surface area contributed by atoms with Crippen LogP contribution in [0.25, 0.3) is 0 Å². The van der Waals surface area contributed by atoms with Crippen molar-refractivity contribution >= 4 is 11.6 Å². The number of nitrogens with zero attached hydrogens (tertiary/aromatic N) is 1. The first-order valence-electron chi connectivity index (χ1n) is 7.83.